The Morgan fingerprint density at radius 3 is 2.52 bits per heavy atom. The smallest absolute Gasteiger partial charge is 0.315 e. The summed E-state index contributed by atoms with van der Waals surface area (Å²) in [4.78, 5) is 16.2. The third-order valence-corrected chi connectivity index (χ3v) is 3.75. The highest BCUT2D eigenvalue weighted by atomic mass is 16.2. The Labute approximate surface area is 137 Å². The van der Waals surface area contributed by atoms with Crippen molar-refractivity contribution in [3.05, 3.63) is 47.5 Å². The monoisotopic (exact) mass is 315 g/mol. The van der Waals surface area contributed by atoms with Crippen LogP contribution in [0.1, 0.15) is 43.3 Å². The molecular formula is C17H25N5O. The predicted molar refractivity (Wildman–Crippen MR) is 90.1 cm³/mol. The molecule has 2 heterocycles. The number of carbonyl (C=O) groups excluding carboxylic acids is 1. The van der Waals surface area contributed by atoms with Gasteiger partial charge in [0.15, 0.2) is 0 Å². The number of nitrogens with one attached hydrogen (secondary N) is 2. The van der Waals surface area contributed by atoms with Crippen LogP contribution in [0.3, 0.4) is 0 Å². The van der Waals surface area contributed by atoms with Gasteiger partial charge in [-0.3, -0.25) is 9.67 Å². The van der Waals surface area contributed by atoms with Crippen LogP contribution in [0.5, 0.6) is 0 Å². The average molecular weight is 315 g/mol. The van der Waals surface area contributed by atoms with Crippen LogP contribution in [0.25, 0.3) is 0 Å². The molecule has 0 aromatic carbocycles. The minimum atomic E-state index is -0.164. The normalized spacial score (nSPS) is 13.4. The van der Waals surface area contributed by atoms with Crippen LogP contribution < -0.4 is 10.6 Å². The first-order valence-corrected chi connectivity index (χ1v) is 7.97. The van der Waals surface area contributed by atoms with E-state index in [1.807, 2.05) is 50.6 Å². The van der Waals surface area contributed by atoms with E-state index >= 15 is 0 Å². The van der Waals surface area contributed by atoms with Crippen molar-refractivity contribution in [2.24, 2.45) is 0 Å². The van der Waals surface area contributed by atoms with E-state index in [4.69, 9.17) is 0 Å². The molecule has 0 fully saturated rings. The molecule has 6 heteroatoms. The lowest BCUT2D eigenvalue weighted by molar-refractivity contribution is 0.232. The molecule has 0 unspecified atom stereocenters. The molecule has 2 N–H and O–H groups in total. The fraction of sp³-hybridized carbons (Fsp3) is 0.471. The molecule has 0 saturated heterocycles. The Kier molecular flexibility index (Phi) is 5.73. The average Bonchev–Trinajstić information content (AvgIpc) is 2.83. The zero-order valence-electron chi connectivity index (χ0n) is 14.2. The van der Waals surface area contributed by atoms with Gasteiger partial charge in [-0.2, -0.15) is 5.10 Å². The maximum absolute atomic E-state index is 12.2. The maximum atomic E-state index is 12.2. The lowest BCUT2D eigenvalue weighted by Crippen LogP contribution is -2.44. The SMILES string of the molecule is CC[C@H](NC(=O)N[C@H](C)Cn1nc(C)cc1C)c1ccncc1. The zero-order valence-corrected chi connectivity index (χ0v) is 14.2. The number of carbonyl (C=O) groups is 1. The number of hydrogen-bond donors (Lipinski definition) is 2. The van der Waals surface area contributed by atoms with E-state index in [0.29, 0.717) is 6.54 Å². The molecule has 124 valence electrons. The number of aromatic nitrogens is 3. The van der Waals surface area contributed by atoms with Crippen molar-refractivity contribution >= 4 is 6.03 Å². The van der Waals surface area contributed by atoms with Gasteiger partial charge in [0.25, 0.3) is 0 Å². The molecule has 2 rings (SSSR count). The fourth-order valence-electron chi connectivity index (χ4n) is 2.61. The molecule has 2 aromatic heterocycles. The van der Waals surface area contributed by atoms with Crippen molar-refractivity contribution < 1.29 is 4.79 Å². The van der Waals surface area contributed by atoms with E-state index in [2.05, 4.69) is 20.7 Å². The summed E-state index contributed by atoms with van der Waals surface area (Å²) in [7, 11) is 0. The van der Waals surface area contributed by atoms with Crippen molar-refractivity contribution in [3.8, 4) is 0 Å². The second-order valence-corrected chi connectivity index (χ2v) is 5.87. The number of nitrogens with zero attached hydrogens (tertiary/aromatic N) is 3. The molecule has 2 amide bonds. The summed E-state index contributed by atoms with van der Waals surface area (Å²) < 4.78 is 1.92. The molecule has 0 saturated carbocycles. The van der Waals surface area contributed by atoms with Gasteiger partial charge in [0.1, 0.15) is 0 Å². The Bertz CT molecular complexity index is 638. The number of rotatable bonds is 6. The Balaban J connectivity index is 1.89. The van der Waals surface area contributed by atoms with Gasteiger partial charge in [-0.15, -0.1) is 0 Å². The number of pyridine rings is 1. The first-order chi connectivity index (χ1) is 11.0. The fourth-order valence-corrected chi connectivity index (χ4v) is 2.61. The van der Waals surface area contributed by atoms with E-state index in [1.54, 1.807) is 12.4 Å². The van der Waals surface area contributed by atoms with Crippen molar-refractivity contribution in [2.75, 3.05) is 0 Å². The van der Waals surface area contributed by atoms with Gasteiger partial charge in [-0.05, 0) is 51.0 Å². The van der Waals surface area contributed by atoms with E-state index in [1.165, 1.54) is 0 Å². The lowest BCUT2D eigenvalue weighted by atomic mass is 10.1. The van der Waals surface area contributed by atoms with Crippen LogP contribution >= 0.6 is 0 Å². The Hall–Kier alpha value is -2.37. The molecule has 2 atom stereocenters. The second kappa shape index (κ2) is 7.76. The van der Waals surface area contributed by atoms with Gasteiger partial charge in [-0.25, -0.2) is 4.79 Å². The third kappa shape index (κ3) is 4.81. The van der Waals surface area contributed by atoms with Gasteiger partial charge >= 0.3 is 6.03 Å². The summed E-state index contributed by atoms with van der Waals surface area (Å²) in [6.45, 7) is 8.66. The molecule has 0 aliphatic rings. The molecule has 0 bridgehead atoms. The van der Waals surface area contributed by atoms with Crippen molar-refractivity contribution in [2.45, 2.75) is 52.7 Å². The van der Waals surface area contributed by atoms with E-state index in [-0.39, 0.29) is 18.1 Å². The highest BCUT2D eigenvalue weighted by Gasteiger charge is 2.15. The molecule has 2 aromatic rings. The van der Waals surface area contributed by atoms with Crippen LogP contribution in [0, 0.1) is 13.8 Å². The summed E-state index contributed by atoms with van der Waals surface area (Å²) in [6, 6.07) is 5.69. The van der Waals surface area contributed by atoms with Gasteiger partial charge in [0.05, 0.1) is 18.3 Å². The second-order valence-electron chi connectivity index (χ2n) is 5.87. The summed E-state index contributed by atoms with van der Waals surface area (Å²) in [6.07, 6.45) is 4.30. The van der Waals surface area contributed by atoms with Crippen LogP contribution in [-0.4, -0.2) is 26.8 Å². The largest absolute Gasteiger partial charge is 0.334 e. The number of urea groups is 1. The molecular weight excluding hydrogens is 290 g/mol. The number of amides is 2. The molecule has 0 aliphatic heterocycles. The van der Waals surface area contributed by atoms with Gasteiger partial charge in [-0.1, -0.05) is 6.92 Å². The van der Waals surface area contributed by atoms with Crippen molar-refractivity contribution in [1.82, 2.24) is 25.4 Å². The molecule has 0 spiro atoms. The van der Waals surface area contributed by atoms with Gasteiger partial charge in [0, 0.05) is 24.1 Å². The minimum Gasteiger partial charge on any atom is -0.334 e. The van der Waals surface area contributed by atoms with E-state index < -0.39 is 0 Å². The predicted octanol–water partition coefficient (Wildman–Crippen LogP) is 2.73. The van der Waals surface area contributed by atoms with Crippen LogP contribution in [0.15, 0.2) is 30.6 Å². The maximum Gasteiger partial charge on any atom is 0.315 e. The molecule has 0 aliphatic carbocycles. The van der Waals surface area contributed by atoms with Gasteiger partial charge < -0.3 is 10.6 Å². The zero-order chi connectivity index (χ0) is 16.8. The quantitative estimate of drug-likeness (QED) is 0.861. The van der Waals surface area contributed by atoms with Crippen LogP contribution in [-0.2, 0) is 6.54 Å². The Morgan fingerprint density at radius 1 is 1.26 bits per heavy atom. The lowest BCUT2D eigenvalue weighted by Gasteiger charge is -2.20. The number of hydrogen-bond acceptors (Lipinski definition) is 3. The van der Waals surface area contributed by atoms with Crippen LogP contribution in [0.4, 0.5) is 4.79 Å². The standard InChI is InChI=1S/C17H25N5O/c1-5-16(15-6-8-18-9-7-15)20-17(23)19-13(3)11-22-14(4)10-12(2)21-22/h6-10,13,16H,5,11H2,1-4H3,(H2,19,20,23)/t13-,16+/m1/s1. The highest BCUT2D eigenvalue weighted by molar-refractivity contribution is 5.74. The third-order valence-electron chi connectivity index (χ3n) is 3.75. The van der Waals surface area contributed by atoms with Gasteiger partial charge in [0.2, 0.25) is 0 Å². The van der Waals surface area contributed by atoms with Crippen molar-refractivity contribution in [1.29, 1.82) is 0 Å². The minimum absolute atomic E-state index is 0.0112. The summed E-state index contributed by atoms with van der Waals surface area (Å²) in [5.74, 6) is 0. The van der Waals surface area contributed by atoms with Crippen LogP contribution in [0.2, 0.25) is 0 Å². The highest BCUT2D eigenvalue weighted by Crippen LogP contribution is 2.14. The number of aryl methyl sites for hydroxylation is 2. The summed E-state index contributed by atoms with van der Waals surface area (Å²) in [5, 5.41) is 10.4. The summed E-state index contributed by atoms with van der Waals surface area (Å²) >= 11 is 0. The summed E-state index contributed by atoms with van der Waals surface area (Å²) in [5.41, 5.74) is 3.14. The van der Waals surface area contributed by atoms with E-state index in [0.717, 1.165) is 23.4 Å². The molecule has 23 heavy (non-hydrogen) atoms. The topological polar surface area (TPSA) is 71.8 Å². The first-order valence-electron chi connectivity index (χ1n) is 7.97. The molecule has 6 nitrogen and oxygen atoms in total. The van der Waals surface area contributed by atoms with E-state index in [9.17, 15) is 4.79 Å². The molecule has 0 radical (unpaired) electrons. The van der Waals surface area contributed by atoms with Crippen molar-refractivity contribution in [3.63, 3.8) is 0 Å². The first kappa shape index (κ1) is 17.0. The Morgan fingerprint density at radius 2 is 1.96 bits per heavy atom.